The van der Waals surface area contributed by atoms with Crippen LogP contribution in [0.3, 0.4) is 0 Å². The number of aromatic nitrogens is 2. The molecule has 0 aliphatic heterocycles. The number of anilines is 1. The molecule has 0 radical (unpaired) electrons. The van der Waals surface area contributed by atoms with E-state index in [4.69, 9.17) is 0 Å². The molecule has 4 aromatic rings. The predicted molar refractivity (Wildman–Crippen MR) is 105 cm³/mol. The number of nitrogens with one attached hydrogen (secondary N) is 1. The van der Waals surface area contributed by atoms with Crippen LogP contribution in [0.4, 0.5) is 18.9 Å². The third-order valence-electron chi connectivity index (χ3n) is 4.60. The van der Waals surface area contributed by atoms with Crippen LogP contribution in [-0.2, 0) is 6.18 Å². The highest BCUT2D eigenvalue weighted by Crippen LogP contribution is 2.30. The largest absolute Gasteiger partial charge is 0.416 e. The quantitative estimate of drug-likeness (QED) is 0.492. The van der Waals surface area contributed by atoms with Gasteiger partial charge in [-0.2, -0.15) is 13.2 Å². The van der Waals surface area contributed by atoms with E-state index in [0.717, 1.165) is 34.6 Å². The number of carbonyl (C=O) groups excluding carboxylic acids is 1. The summed E-state index contributed by atoms with van der Waals surface area (Å²) in [6, 6.07) is 15.5. The average Bonchev–Trinajstić information content (AvgIpc) is 3.13. The summed E-state index contributed by atoms with van der Waals surface area (Å²) in [5, 5.41) is 2.71. The molecule has 0 spiro atoms. The first-order valence-corrected chi connectivity index (χ1v) is 8.85. The number of benzene rings is 2. The van der Waals surface area contributed by atoms with Crippen LogP contribution >= 0.6 is 0 Å². The molecule has 4 nitrogen and oxygen atoms in total. The third kappa shape index (κ3) is 3.85. The zero-order valence-electron chi connectivity index (χ0n) is 15.4. The molecule has 0 saturated heterocycles. The van der Waals surface area contributed by atoms with Gasteiger partial charge in [0.15, 0.2) is 0 Å². The number of fused-ring (bicyclic) bond motifs is 1. The molecule has 0 aliphatic carbocycles. The van der Waals surface area contributed by atoms with Crippen LogP contribution in [-0.4, -0.2) is 15.3 Å². The lowest BCUT2D eigenvalue weighted by molar-refractivity contribution is -0.137. The Labute approximate surface area is 164 Å². The number of pyridine rings is 1. The van der Waals surface area contributed by atoms with E-state index < -0.39 is 17.6 Å². The van der Waals surface area contributed by atoms with Crippen LogP contribution in [0.2, 0.25) is 0 Å². The number of carbonyl (C=O) groups is 1. The van der Waals surface area contributed by atoms with Crippen molar-refractivity contribution in [1.82, 2.24) is 9.38 Å². The zero-order chi connectivity index (χ0) is 20.6. The summed E-state index contributed by atoms with van der Waals surface area (Å²) in [6.07, 6.45) is -0.746. The van der Waals surface area contributed by atoms with E-state index in [2.05, 4.69) is 10.3 Å². The van der Waals surface area contributed by atoms with Gasteiger partial charge in [0, 0.05) is 29.2 Å². The highest BCUT2D eigenvalue weighted by Gasteiger charge is 2.30. The fourth-order valence-corrected chi connectivity index (χ4v) is 3.02. The van der Waals surface area contributed by atoms with Gasteiger partial charge in [-0.15, -0.1) is 0 Å². The summed E-state index contributed by atoms with van der Waals surface area (Å²) in [4.78, 5) is 17.1. The van der Waals surface area contributed by atoms with Gasteiger partial charge in [-0.3, -0.25) is 4.79 Å². The smallest absolute Gasteiger partial charge is 0.322 e. The molecule has 29 heavy (non-hydrogen) atoms. The van der Waals surface area contributed by atoms with Gasteiger partial charge in [0.2, 0.25) is 0 Å². The first-order valence-electron chi connectivity index (χ1n) is 8.85. The van der Waals surface area contributed by atoms with Gasteiger partial charge in [0.1, 0.15) is 5.65 Å². The minimum atomic E-state index is -4.50. The number of alkyl halides is 3. The minimum Gasteiger partial charge on any atom is -0.322 e. The number of hydrogen-bond acceptors (Lipinski definition) is 2. The first kappa shape index (κ1) is 18.7. The molecule has 1 amide bonds. The Morgan fingerprint density at radius 1 is 1.03 bits per heavy atom. The average molecular weight is 395 g/mol. The van der Waals surface area contributed by atoms with Crippen molar-refractivity contribution < 1.29 is 18.0 Å². The lowest BCUT2D eigenvalue weighted by Crippen LogP contribution is -2.14. The zero-order valence-corrected chi connectivity index (χ0v) is 15.4. The van der Waals surface area contributed by atoms with Crippen LogP contribution in [0.1, 0.15) is 21.5 Å². The van der Waals surface area contributed by atoms with Gasteiger partial charge in [0.25, 0.3) is 5.91 Å². The standard InChI is InChI=1S/C22H16F3N3O/c1-14-8-9-15(19-13-28-10-3-2-7-20(28)26-19)12-18(14)27-21(29)16-5-4-6-17(11-16)22(23,24)25/h2-13H,1H3,(H,27,29). The molecular formula is C22H16F3N3O. The van der Waals surface area contributed by atoms with Crippen molar-refractivity contribution in [3.63, 3.8) is 0 Å². The SMILES string of the molecule is Cc1ccc(-c2cn3ccccc3n2)cc1NC(=O)c1cccc(C(F)(F)F)c1. The fourth-order valence-electron chi connectivity index (χ4n) is 3.02. The van der Waals surface area contributed by atoms with E-state index in [0.29, 0.717) is 5.69 Å². The fraction of sp³-hybridized carbons (Fsp3) is 0.0909. The van der Waals surface area contributed by atoms with E-state index in [-0.39, 0.29) is 5.56 Å². The molecule has 0 bridgehead atoms. The van der Waals surface area contributed by atoms with Crippen LogP contribution in [0, 0.1) is 6.92 Å². The number of aryl methyl sites for hydroxylation is 1. The van der Waals surface area contributed by atoms with Crippen molar-refractivity contribution in [3.8, 4) is 11.3 Å². The molecule has 0 fully saturated rings. The Balaban J connectivity index is 1.64. The maximum absolute atomic E-state index is 12.9. The van der Waals surface area contributed by atoms with E-state index >= 15 is 0 Å². The van der Waals surface area contributed by atoms with Crippen molar-refractivity contribution in [1.29, 1.82) is 0 Å². The molecule has 1 N–H and O–H groups in total. The molecule has 2 aromatic heterocycles. The first-order chi connectivity index (χ1) is 13.8. The number of rotatable bonds is 3. The van der Waals surface area contributed by atoms with E-state index in [1.165, 1.54) is 12.1 Å². The second kappa shape index (κ2) is 7.09. The molecule has 146 valence electrons. The van der Waals surface area contributed by atoms with Crippen LogP contribution in [0.25, 0.3) is 16.9 Å². The van der Waals surface area contributed by atoms with Crippen molar-refractivity contribution in [3.05, 3.63) is 89.7 Å². The van der Waals surface area contributed by atoms with E-state index in [9.17, 15) is 18.0 Å². The minimum absolute atomic E-state index is 0.0580. The Morgan fingerprint density at radius 2 is 1.86 bits per heavy atom. The van der Waals surface area contributed by atoms with Crippen LogP contribution in [0.5, 0.6) is 0 Å². The predicted octanol–water partition coefficient (Wildman–Crippen LogP) is 5.58. The Hall–Kier alpha value is -3.61. The summed E-state index contributed by atoms with van der Waals surface area (Å²) < 4.78 is 40.6. The number of halogens is 3. The Morgan fingerprint density at radius 3 is 2.62 bits per heavy atom. The summed E-state index contributed by atoms with van der Waals surface area (Å²) >= 11 is 0. The van der Waals surface area contributed by atoms with Crippen LogP contribution in [0.15, 0.2) is 73.1 Å². The molecule has 4 rings (SSSR count). The molecule has 0 unspecified atom stereocenters. The molecule has 0 aliphatic rings. The Bertz CT molecular complexity index is 1180. The number of nitrogens with zero attached hydrogens (tertiary/aromatic N) is 2. The molecular weight excluding hydrogens is 379 g/mol. The number of amides is 1. The highest BCUT2D eigenvalue weighted by molar-refractivity contribution is 6.05. The highest BCUT2D eigenvalue weighted by atomic mass is 19.4. The number of imidazole rings is 1. The molecule has 2 heterocycles. The maximum Gasteiger partial charge on any atom is 0.416 e. The van der Waals surface area contributed by atoms with E-state index in [1.807, 2.05) is 54.0 Å². The molecule has 2 aromatic carbocycles. The molecule has 7 heteroatoms. The Kier molecular flexibility index (Phi) is 4.58. The van der Waals surface area contributed by atoms with Gasteiger partial charge in [-0.05, 0) is 48.9 Å². The summed E-state index contributed by atoms with van der Waals surface area (Å²) in [7, 11) is 0. The van der Waals surface area contributed by atoms with Crippen molar-refractivity contribution in [2.75, 3.05) is 5.32 Å². The topological polar surface area (TPSA) is 46.4 Å². The monoisotopic (exact) mass is 395 g/mol. The van der Waals surface area contributed by atoms with Crippen molar-refractivity contribution >= 4 is 17.2 Å². The molecule has 0 saturated carbocycles. The van der Waals surface area contributed by atoms with Gasteiger partial charge in [-0.25, -0.2) is 4.98 Å². The normalized spacial score (nSPS) is 11.6. The summed E-state index contributed by atoms with van der Waals surface area (Å²) in [5.74, 6) is -0.605. The number of hydrogen-bond donors (Lipinski definition) is 1. The van der Waals surface area contributed by atoms with Crippen molar-refractivity contribution in [2.24, 2.45) is 0 Å². The van der Waals surface area contributed by atoms with Gasteiger partial charge < -0.3 is 9.72 Å². The van der Waals surface area contributed by atoms with E-state index in [1.54, 1.807) is 6.07 Å². The lowest BCUT2D eigenvalue weighted by atomic mass is 10.1. The van der Waals surface area contributed by atoms with Gasteiger partial charge in [0.05, 0.1) is 11.3 Å². The second-order valence-corrected chi connectivity index (χ2v) is 6.65. The van der Waals surface area contributed by atoms with Crippen LogP contribution < -0.4 is 5.32 Å². The summed E-state index contributed by atoms with van der Waals surface area (Å²) in [5.41, 5.74) is 2.69. The van der Waals surface area contributed by atoms with Crippen molar-refractivity contribution in [2.45, 2.75) is 13.1 Å². The summed E-state index contributed by atoms with van der Waals surface area (Å²) in [6.45, 7) is 1.81. The lowest BCUT2D eigenvalue weighted by Gasteiger charge is -2.12. The van der Waals surface area contributed by atoms with Gasteiger partial charge in [-0.1, -0.05) is 24.3 Å². The third-order valence-corrected chi connectivity index (χ3v) is 4.60. The van der Waals surface area contributed by atoms with Gasteiger partial charge >= 0.3 is 6.18 Å². The maximum atomic E-state index is 12.9. The second-order valence-electron chi connectivity index (χ2n) is 6.65. The molecule has 0 atom stereocenters.